The Hall–Kier alpha value is -2.73. The van der Waals surface area contributed by atoms with Crippen LogP contribution in [0.3, 0.4) is 0 Å². The fraction of sp³-hybridized carbons (Fsp3) is 0.381. The number of unbranched alkanes of at least 4 members (excludes halogenated alkanes) is 1. The SMILES string of the molecule is CCc1cc(OCCCCN=[N+]=[N-])ccc1-c1ccc(CC(N)C(=O)O)cc1.Cl. The van der Waals surface area contributed by atoms with Crippen molar-refractivity contribution in [3.63, 3.8) is 0 Å². The number of benzene rings is 2. The molecule has 0 radical (unpaired) electrons. The molecule has 2 aromatic rings. The molecule has 2 rings (SSSR count). The number of hydrogen-bond acceptors (Lipinski definition) is 4. The molecule has 1 unspecified atom stereocenters. The lowest BCUT2D eigenvalue weighted by Gasteiger charge is -2.13. The Bertz CT molecular complexity index is 836. The van der Waals surface area contributed by atoms with Gasteiger partial charge in [0.05, 0.1) is 6.61 Å². The fourth-order valence-electron chi connectivity index (χ4n) is 2.91. The Kier molecular flexibility index (Phi) is 10.6. The Labute approximate surface area is 176 Å². The van der Waals surface area contributed by atoms with Crippen LogP contribution in [0.2, 0.25) is 0 Å². The smallest absolute Gasteiger partial charge is 0.320 e. The van der Waals surface area contributed by atoms with E-state index < -0.39 is 12.0 Å². The molecule has 0 aliphatic heterocycles. The van der Waals surface area contributed by atoms with E-state index in [0.717, 1.165) is 41.7 Å². The summed E-state index contributed by atoms with van der Waals surface area (Å²) in [6.45, 7) is 3.18. The molecule has 0 fully saturated rings. The molecule has 156 valence electrons. The third kappa shape index (κ3) is 7.66. The van der Waals surface area contributed by atoms with Gasteiger partial charge in [-0.15, -0.1) is 12.4 Å². The number of ether oxygens (including phenoxy) is 1. The maximum absolute atomic E-state index is 10.9. The van der Waals surface area contributed by atoms with Crippen molar-refractivity contribution in [1.82, 2.24) is 0 Å². The lowest BCUT2D eigenvalue weighted by atomic mass is 9.96. The first kappa shape index (κ1) is 24.3. The third-order valence-corrected chi connectivity index (χ3v) is 4.48. The molecule has 0 aromatic heterocycles. The van der Waals surface area contributed by atoms with Crippen LogP contribution in [-0.2, 0) is 17.6 Å². The highest BCUT2D eigenvalue weighted by Gasteiger charge is 2.12. The minimum absolute atomic E-state index is 0. The first-order valence-electron chi connectivity index (χ1n) is 9.39. The van der Waals surface area contributed by atoms with Gasteiger partial charge in [-0.05, 0) is 65.6 Å². The minimum Gasteiger partial charge on any atom is -0.494 e. The molecular weight excluding hydrogens is 392 g/mol. The first-order chi connectivity index (χ1) is 13.5. The van der Waals surface area contributed by atoms with Crippen molar-refractivity contribution in [3.05, 3.63) is 64.0 Å². The van der Waals surface area contributed by atoms with Gasteiger partial charge in [0.1, 0.15) is 11.8 Å². The largest absolute Gasteiger partial charge is 0.494 e. The van der Waals surface area contributed by atoms with Crippen molar-refractivity contribution in [3.8, 4) is 16.9 Å². The van der Waals surface area contributed by atoms with E-state index in [1.54, 1.807) is 0 Å². The molecule has 3 N–H and O–H groups in total. The zero-order valence-electron chi connectivity index (χ0n) is 16.5. The summed E-state index contributed by atoms with van der Waals surface area (Å²) in [7, 11) is 0. The highest BCUT2D eigenvalue weighted by Crippen LogP contribution is 2.28. The molecule has 2 aromatic carbocycles. The van der Waals surface area contributed by atoms with Gasteiger partial charge in [-0.2, -0.15) is 0 Å². The molecule has 0 spiro atoms. The molecule has 0 bridgehead atoms. The molecule has 29 heavy (non-hydrogen) atoms. The van der Waals surface area contributed by atoms with Gasteiger partial charge in [0.2, 0.25) is 0 Å². The zero-order chi connectivity index (χ0) is 20.4. The third-order valence-electron chi connectivity index (χ3n) is 4.48. The molecule has 0 heterocycles. The number of hydrogen-bond donors (Lipinski definition) is 2. The van der Waals surface area contributed by atoms with Gasteiger partial charge in [-0.3, -0.25) is 4.79 Å². The number of aliphatic carboxylic acids is 1. The number of carboxylic acids is 1. The van der Waals surface area contributed by atoms with E-state index in [0.29, 0.717) is 19.6 Å². The highest BCUT2D eigenvalue weighted by molar-refractivity contribution is 5.85. The first-order valence-corrected chi connectivity index (χ1v) is 9.39. The number of rotatable bonds is 11. The van der Waals surface area contributed by atoms with E-state index in [9.17, 15) is 4.79 Å². The molecule has 0 aliphatic carbocycles. The van der Waals surface area contributed by atoms with Crippen LogP contribution in [0.25, 0.3) is 21.6 Å². The van der Waals surface area contributed by atoms with Gasteiger partial charge in [0, 0.05) is 11.5 Å². The predicted molar refractivity (Wildman–Crippen MR) is 117 cm³/mol. The Balaban J connectivity index is 0.00000420. The quantitative estimate of drug-likeness (QED) is 0.236. The monoisotopic (exact) mass is 418 g/mol. The van der Waals surface area contributed by atoms with E-state index in [1.165, 1.54) is 5.56 Å². The van der Waals surface area contributed by atoms with Crippen molar-refractivity contribution < 1.29 is 14.6 Å². The average Bonchev–Trinajstić information content (AvgIpc) is 2.71. The molecule has 7 nitrogen and oxygen atoms in total. The van der Waals surface area contributed by atoms with E-state index in [1.807, 2.05) is 36.4 Å². The van der Waals surface area contributed by atoms with Crippen molar-refractivity contribution >= 4 is 18.4 Å². The van der Waals surface area contributed by atoms with Gasteiger partial charge >= 0.3 is 5.97 Å². The van der Waals surface area contributed by atoms with Crippen LogP contribution < -0.4 is 10.5 Å². The Morgan fingerprint density at radius 2 is 1.97 bits per heavy atom. The standard InChI is InChI=1S/C21H26N4O3.ClH/c1-2-16-14-18(28-12-4-3-11-24-25-23)9-10-19(16)17-7-5-15(6-8-17)13-20(22)21(26)27;/h5-10,14,20H,2-4,11-13,22H2,1H3,(H,26,27);1H. The molecule has 8 heteroatoms. The number of aryl methyl sites for hydroxylation is 1. The number of halogens is 1. The molecule has 1 atom stereocenters. The number of nitrogens with zero attached hydrogens (tertiary/aromatic N) is 3. The van der Waals surface area contributed by atoms with Crippen LogP contribution in [0, 0.1) is 0 Å². The predicted octanol–water partition coefficient (Wildman–Crippen LogP) is 4.76. The topological polar surface area (TPSA) is 121 Å². The number of carboxylic acid groups (broad SMARTS) is 1. The van der Waals surface area contributed by atoms with Gasteiger partial charge < -0.3 is 15.6 Å². The summed E-state index contributed by atoms with van der Waals surface area (Å²) in [6.07, 6.45) is 2.82. The molecule has 0 aliphatic rings. The molecular formula is C21H27ClN4O3. The lowest BCUT2D eigenvalue weighted by molar-refractivity contribution is -0.138. The zero-order valence-corrected chi connectivity index (χ0v) is 17.3. The van der Waals surface area contributed by atoms with Crippen LogP contribution in [-0.4, -0.2) is 30.3 Å². The van der Waals surface area contributed by atoms with Crippen molar-refractivity contribution in [1.29, 1.82) is 0 Å². The van der Waals surface area contributed by atoms with Gasteiger partial charge in [0.15, 0.2) is 0 Å². The van der Waals surface area contributed by atoms with E-state index >= 15 is 0 Å². The van der Waals surface area contributed by atoms with Crippen LogP contribution in [0.4, 0.5) is 0 Å². The summed E-state index contributed by atoms with van der Waals surface area (Å²) in [5.74, 6) is -0.167. The van der Waals surface area contributed by atoms with Crippen LogP contribution in [0.5, 0.6) is 5.75 Å². The Morgan fingerprint density at radius 1 is 1.24 bits per heavy atom. The van der Waals surface area contributed by atoms with Crippen molar-refractivity contribution in [2.45, 2.75) is 38.6 Å². The second kappa shape index (κ2) is 12.7. The van der Waals surface area contributed by atoms with E-state index in [4.69, 9.17) is 21.1 Å². The number of carbonyl (C=O) groups is 1. The summed E-state index contributed by atoms with van der Waals surface area (Å²) in [5, 5.41) is 12.4. The van der Waals surface area contributed by atoms with Crippen molar-refractivity contribution in [2.75, 3.05) is 13.2 Å². The minimum atomic E-state index is -0.995. The average molecular weight is 419 g/mol. The highest BCUT2D eigenvalue weighted by atomic mass is 35.5. The number of azide groups is 1. The van der Waals surface area contributed by atoms with Crippen LogP contribution in [0.1, 0.15) is 30.9 Å². The summed E-state index contributed by atoms with van der Waals surface area (Å²) in [5.41, 5.74) is 18.1. The molecule has 0 amide bonds. The number of nitrogens with two attached hydrogens (primary N) is 1. The maximum Gasteiger partial charge on any atom is 0.320 e. The van der Waals surface area contributed by atoms with Crippen molar-refractivity contribution in [2.24, 2.45) is 10.8 Å². The second-order valence-electron chi connectivity index (χ2n) is 6.53. The normalized spacial score (nSPS) is 11.1. The summed E-state index contributed by atoms with van der Waals surface area (Å²) >= 11 is 0. The Morgan fingerprint density at radius 3 is 2.59 bits per heavy atom. The maximum atomic E-state index is 10.9. The fourth-order valence-corrected chi connectivity index (χ4v) is 2.91. The second-order valence-corrected chi connectivity index (χ2v) is 6.53. The molecule has 0 saturated heterocycles. The lowest BCUT2D eigenvalue weighted by Crippen LogP contribution is -2.32. The van der Waals surface area contributed by atoms with Crippen LogP contribution >= 0.6 is 12.4 Å². The summed E-state index contributed by atoms with van der Waals surface area (Å²) in [6, 6.07) is 13.0. The van der Waals surface area contributed by atoms with E-state index in [2.05, 4.69) is 23.0 Å². The summed E-state index contributed by atoms with van der Waals surface area (Å²) < 4.78 is 5.80. The summed E-state index contributed by atoms with van der Waals surface area (Å²) in [4.78, 5) is 13.6. The van der Waals surface area contributed by atoms with Crippen LogP contribution in [0.15, 0.2) is 47.6 Å². The van der Waals surface area contributed by atoms with E-state index in [-0.39, 0.29) is 12.4 Å². The van der Waals surface area contributed by atoms with Gasteiger partial charge in [-0.25, -0.2) is 0 Å². The van der Waals surface area contributed by atoms with Gasteiger partial charge in [0.25, 0.3) is 0 Å². The molecule has 0 saturated carbocycles. The van der Waals surface area contributed by atoms with Gasteiger partial charge in [-0.1, -0.05) is 42.4 Å².